The van der Waals surface area contributed by atoms with E-state index in [4.69, 9.17) is 14.7 Å². The Morgan fingerprint density at radius 3 is 2.59 bits per heavy atom. The third-order valence-corrected chi connectivity index (χ3v) is 5.36. The Bertz CT molecular complexity index is 1280. The van der Waals surface area contributed by atoms with E-state index in [9.17, 15) is 13.2 Å². The van der Waals surface area contributed by atoms with E-state index >= 15 is 0 Å². The van der Waals surface area contributed by atoms with Crippen molar-refractivity contribution in [2.24, 2.45) is 4.99 Å². The number of aromatic amines is 1. The molecular weight excluding hydrogens is 491 g/mol. The second-order valence-electron chi connectivity index (χ2n) is 7.90. The van der Waals surface area contributed by atoms with E-state index in [1.165, 1.54) is 19.3 Å². The molecule has 0 aromatic carbocycles. The summed E-state index contributed by atoms with van der Waals surface area (Å²) >= 11 is 0. The third-order valence-electron chi connectivity index (χ3n) is 5.36. The molecule has 0 saturated carbocycles. The number of nitrogens with one attached hydrogen (secondary N) is 1. The number of halogens is 3. The van der Waals surface area contributed by atoms with Crippen LogP contribution in [0.3, 0.4) is 0 Å². The average molecular weight is 516 g/mol. The summed E-state index contributed by atoms with van der Waals surface area (Å²) in [7, 11) is 1.25. The summed E-state index contributed by atoms with van der Waals surface area (Å²) in [4.78, 5) is 19.7. The molecule has 2 aliphatic heterocycles. The Balaban J connectivity index is 0.00000156. The number of hydrogen-bond donors (Lipinski definition) is 1. The number of aromatic nitrogens is 5. The van der Waals surface area contributed by atoms with Crippen molar-refractivity contribution in [3.05, 3.63) is 42.1 Å². The molecule has 37 heavy (non-hydrogen) atoms. The van der Waals surface area contributed by atoms with Crippen LogP contribution in [0.4, 0.5) is 24.8 Å². The van der Waals surface area contributed by atoms with Crippen molar-refractivity contribution < 1.29 is 22.6 Å². The van der Waals surface area contributed by atoms with Gasteiger partial charge >= 0.3 is 6.18 Å². The van der Waals surface area contributed by atoms with Gasteiger partial charge in [0.05, 0.1) is 37.8 Å². The number of amidine groups is 1. The van der Waals surface area contributed by atoms with Gasteiger partial charge in [0.1, 0.15) is 36.0 Å². The molecule has 1 saturated heterocycles. The highest BCUT2D eigenvalue weighted by Gasteiger charge is 2.40. The number of nitrogens with zero attached hydrogens (tertiary/aromatic N) is 8. The van der Waals surface area contributed by atoms with Crippen LogP contribution in [0.2, 0.25) is 0 Å². The highest BCUT2D eigenvalue weighted by atomic mass is 19.4. The van der Waals surface area contributed by atoms with Crippen molar-refractivity contribution in [1.82, 2.24) is 30.0 Å². The number of alkyl halides is 3. The molecule has 0 atom stereocenters. The number of aliphatic imine (C=N–C) groups is 1. The molecule has 1 fully saturated rings. The lowest BCUT2D eigenvalue weighted by Gasteiger charge is -2.39. The number of anilines is 1. The fourth-order valence-electron chi connectivity index (χ4n) is 3.63. The summed E-state index contributed by atoms with van der Waals surface area (Å²) in [5.41, 5.74) is 0.857. The van der Waals surface area contributed by atoms with Crippen molar-refractivity contribution in [3.8, 4) is 23.1 Å². The number of fused-ring (bicyclic) bond motifs is 1. The van der Waals surface area contributed by atoms with Crippen LogP contribution in [0.5, 0.6) is 5.75 Å². The van der Waals surface area contributed by atoms with E-state index in [1.54, 1.807) is 18.5 Å². The quantitative estimate of drug-likeness (QED) is 0.556. The normalized spacial score (nSPS) is 15.8. The fraction of sp³-hybridized carbons (Fsp3) is 0.391. The maximum Gasteiger partial charge on any atom is 0.449 e. The number of ether oxygens (including phenoxy) is 2. The van der Waals surface area contributed by atoms with Crippen molar-refractivity contribution in [2.45, 2.75) is 32.7 Å². The van der Waals surface area contributed by atoms with E-state index in [2.05, 4.69) is 30.1 Å². The molecular formula is C23H24F3N9O2. The fourth-order valence-corrected chi connectivity index (χ4v) is 3.63. The first-order valence-corrected chi connectivity index (χ1v) is 11.4. The zero-order valence-electron chi connectivity index (χ0n) is 20.3. The molecule has 0 amide bonds. The Kier molecular flexibility index (Phi) is 7.53. The summed E-state index contributed by atoms with van der Waals surface area (Å²) in [6, 6.07) is 4.93. The van der Waals surface area contributed by atoms with Crippen LogP contribution in [0, 0.1) is 11.3 Å². The van der Waals surface area contributed by atoms with Gasteiger partial charge in [0, 0.05) is 18.8 Å². The van der Waals surface area contributed by atoms with Gasteiger partial charge in [-0.25, -0.2) is 19.9 Å². The van der Waals surface area contributed by atoms with Gasteiger partial charge < -0.3 is 19.3 Å². The number of H-pyrrole nitrogens is 1. The Labute approximate surface area is 210 Å². The summed E-state index contributed by atoms with van der Waals surface area (Å²) in [6.07, 6.45) is -0.285. The first-order valence-electron chi connectivity index (χ1n) is 11.4. The molecule has 3 aromatic heterocycles. The summed E-state index contributed by atoms with van der Waals surface area (Å²) in [5, 5.41) is 15.6. The zero-order chi connectivity index (χ0) is 26.6. The molecule has 0 radical (unpaired) electrons. The predicted octanol–water partition coefficient (Wildman–Crippen LogP) is 3.44. The summed E-state index contributed by atoms with van der Waals surface area (Å²) in [5.74, 6) is -0.226. The Morgan fingerprint density at radius 2 is 1.97 bits per heavy atom. The third kappa shape index (κ3) is 5.61. The summed E-state index contributed by atoms with van der Waals surface area (Å²) < 4.78 is 52.5. The Hall–Kier alpha value is -4.25. The van der Waals surface area contributed by atoms with Crippen LogP contribution in [0.15, 0.2) is 35.7 Å². The molecule has 14 heteroatoms. The first-order chi connectivity index (χ1) is 17.8. The predicted molar refractivity (Wildman–Crippen MR) is 127 cm³/mol. The van der Waals surface area contributed by atoms with Gasteiger partial charge in [0.25, 0.3) is 0 Å². The van der Waals surface area contributed by atoms with Gasteiger partial charge in [-0.05, 0) is 12.1 Å². The molecule has 3 aromatic rings. The topological polar surface area (TPSA) is 128 Å². The molecule has 5 heterocycles. The van der Waals surface area contributed by atoms with Crippen LogP contribution in [0.1, 0.15) is 25.2 Å². The number of nitriles is 1. The van der Waals surface area contributed by atoms with Crippen LogP contribution in [0.25, 0.3) is 11.3 Å². The van der Waals surface area contributed by atoms with E-state index in [0.717, 1.165) is 4.90 Å². The minimum absolute atomic E-state index is 0.0640. The second kappa shape index (κ2) is 10.8. The highest BCUT2D eigenvalue weighted by Crippen LogP contribution is 2.37. The minimum atomic E-state index is -4.72. The van der Waals surface area contributed by atoms with Gasteiger partial charge in [-0.2, -0.15) is 23.5 Å². The number of pyridine rings is 1. The average Bonchev–Trinajstić information content (AvgIpc) is 3.37. The highest BCUT2D eigenvalue weighted by molar-refractivity contribution is 5.92. The number of hydrogen-bond acceptors (Lipinski definition) is 10. The largest absolute Gasteiger partial charge is 0.483 e. The Morgan fingerprint density at radius 1 is 1.19 bits per heavy atom. The molecule has 1 N–H and O–H groups in total. The standard InChI is InChI=1S/C21H18F3N9O2.C2H6/c1-32-11-34-10-16-18(30-19(32)21(22,23)24)17(12-2-3-13(4-25)26-5-12)31-20(29-16)33-8-15(9-33)35-14-6-27-28-7-14;1-2/h2-3,5-7,15H,8-11H2,1H3,(H,27,28);1-2H3. The van der Waals surface area contributed by atoms with E-state index in [0.29, 0.717) is 30.4 Å². The van der Waals surface area contributed by atoms with Crippen molar-refractivity contribution in [2.75, 3.05) is 31.8 Å². The summed E-state index contributed by atoms with van der Waals surface area (Å²) in [6.45, 7) is 4.56. The van der Waals surface area contributed by atoms with Crippen molar-refractivity contribution in [3.63, 3.8) is 0 Å². The molecule has 0 bridgehead atoms. The smallest absolute Gasteiger partial charge is 0.449 e. The van der Waals surface area contributed by atoms with Crippen molar-refractivity contribution in [1.29, 1.82) is 5.26 Å². The van der Waals surface area contributed by atoms with Gasteiger partial charge in [-0.15, -0.1) is 0 Å². The molecule has 0 aliphatic carbocycles. The van der Waals surface area contributed by atoms with E-state index in [-0.39, 0.29) is 42.2 Å². The molecule has 2 aliphatic rings. The van der Waals surface area contributed by atoms with Crippen LogP contribution in [-0.2, 0) is 11.3 Å². The molecule has 0 unspecified atom stereocenters. The molecule has 194 valence electrons. The van der Waals surface area contributed by atoms with Gasteiger partial charge in [0.15, 0.2) is 5.75 Å². The van der Waals surface area contributed by atoms with Crippen molar-refractivity contribution >= 4 is 17.5 Å². The number of rotatable bonds is 4. The van der Waals surface area contributed by atoms with Gasteiger partial charge in [0.2, 0.25) is 11.8 Å². The minimum Gasteiger partial charge on any atom is -0.483 e. The molecule has 0 spiro atoms. The molecule has 5 rings (SSSR count). The van der Waals surface area contributed by atoms with Gasteiger partial charge in [-0.1, -0.05) is 13.8 Å². The second-order valence-corrected chi connectivity index (χ2v) is 7.90. The van der Waals surface area contributed by atoms with Gasteiger partial charge in [-0.3, -0.25) is 5.10 Å². The lowest BCUT2D eigenvalue weighted by molar-refractivity contribution is -0.0742. The SMILES string of the molecule is CC.CN1COCc2nc(N3CC(Oc4cn[nH]c4)C3)nc(-c3ccc(C#N)nc3)c2N=C1C(F)(F)F. The zero-order valence-corrected chi connectivity index (χ0v) is 20.3. The van der Waals surface area contributed by atoms with Crippen LogP contribution >= 0.6 is 0 Å². The monoisotopic (exact) mass is 515 g/mol. The maximum absolute atomic E-state index is 13.8. The van der Waals surface area contributed by atoms with Crippen LogP contribution in [-0.4, -0.2) is 75.0 Å². The first kappa shape index (κ1) is 25.8. The maximum atomic E-state index is 13.8. The van der Waals surface area contributed by atoms with E-state index < -0.39 is 12.0 Å². The lowest BCUT2D eigenvalue weighted by atomic mass is 10.1. The molecule has 11 nitrogen and oxygen atoms in total. The van der Waals surface area contributed by atoms with E-state index in [1.807, 2.05) is 24.8 Å². The lowest BCUT2D eigenvalue weighted by Crippen LogP contribution is -2.54. The van der Waals surface area contributed by atoms with Crippen LogP contribution < -0.4 is 9.64 Å².